The van der Waals surface area contributed by atoms with Crippen molar-refractivity contribution in [3.8, 4) is 0 Å². The van der Waals surface area contributed by atoms with Gasteiger partial charge in [0.2, 0.25) is 23.5 Å². The molecule has 2 aliphatic carbocycles. The average Bonchev–Trinajstić information content (AvgIpc) is 3.31. The quantitative estimate of drug-likeness (QED) is 0.171. The van der Waals surface area contributed by atoms with Crippen molar-refractivity contribution in [3.63, 3.8) is 0 Å². The zero-order chi connectivity index (χ0) is 37.4. The fourth-order valence-corrected chi connectivity index (χ4v) is 8.37. The Hall–Kier alpha value is -3.26. The Balaban J connectivity index is 0.000000358. The molecule has 3 heterocycles. The summed E-state index contributed by atoms with van der Waals surface area (Å²) in [6, 6.07) is -3.13. The molecule has 0 bridgehead atoms. The van der Waals surface area contributed by atoms with E-state index in [9.17, 15) is 28.8 Å². The van der Waals surface area contributed by atoms with Crippen LogP contribution < -0.4 is 37.6 Å². The van der Waals surface area contributed by atoms with Gasteiger partial charge in [-0.05, 0) is 68.7 Å². The van der Waals surface area contributed by atoms with Crippen molar-refractivity contribution < 1.29 is 28.8 Å². The number of nitrogens with one attached hydrogen (secondary N) is 6. The maximum Gasteiger partial charge on any atom is 0.315 e. The number of carbonyl (C=O) groups is 6. The monoisotopic (exact) mass is 702 g/mol. The fourth-order valence-electron chi connectivity index (χ4n) is 8.37. The summed E-state index contributed by atoms with van der Waals surface area (Å²) in [7, 11) is 0. The van der Waals surface area contributed by atoms with Crippen LogP contribution in [0.1, 0.15) is 94.4 Å². The van der Waals surface area contributed by atoms with Crippen LogP contribution in [-0.2, 0) is 24.0 Å². The molecule has 0 aromatic rings. The van der Waals surface area contributed by atoms with E-state index in [1.54, 1.807) is 11.8 Å². The van der Waals surface area contributed by atoms with Gasteiger partial charge in [-0.2, -0.15) is 0 Å². The minimum atomic E-state index is -1.07. The van der Waals surface area contributed by atoms with Gasteiger partial charge in [-0.15, -0.1) is 0 Å². The van der Waals surface area contributed by atoms with Gasteiger partial charge in [-0.25, -0.2) is 4.79 Å². The predicted molar refractivity (Wildman–Crippen MR) is 189 cm³/mol. The van der Waals surface area contributed by atoms with Gasteiger partial charge >= 0.3 is 6.03 Å². The Morgan fingerprint density at radius 1 is 0.960 bits per heavy atom. The number of piperidine rings is 2. The summed E-state index contributed by atoms with van der Waals surface area (Å²) >= 11 is 0. The van der Waals surface area contributed by atoms with E-state index in [1.807, 2.05) is 41.5 Å². The highest BCUT2D eigenvalue weighted by atomic mass is 16.2. The molecule has 3 unspecified atom stereocenters. The molecule has 0 spiro atoms. The number of primary amides is 1. The van der Waals surface area contributed by atoms with Gasteiger partial charge in [-0.1, -0.05) is 53.9 Å². The van der Waals surface area contributed by atoms with Gasteiger partial charge in [0.1, 0.15) is 12.1 Å². The van der Waals surface area contributed by atoms with Gasteiger partial charge in [0.15, 0.2) is 0 Å². The van der Waals surface area contributed by atoms with Crippen molar-refractivity contribution >= 4 is 35.4 Å². The third-order valence-corrected chi connectivity index (χ3v) is 11.5. The second-order valence-corrected chi connectivity index (χ2v) is 18.0. The summed E-state index contributed by atoms with van der Waals surface area (Å²) in [5.41, 5.74) is 4.08. The summed E-state index contributed by atoms with van der Waals surface area (Å²) in [4.78, 5) is 77.2. The molecule has 0 radical (unpaired) electrons. The molecule has 8 N–H and O–H groups in total. The molecule has 5 aliphatic rings. The van der Waals surface area contributed by atoms with Crippen LogP contribution in [-0.4, -0.2) is 102 Å². The lowest BCUT2D eigenvalue weighted by molar-refractivity contribution is -0.145. The van der Waals surface area contributed by atoms with Crippen molar-refractivity contribution in [2.24, 2.45) is 40.2 Å². The Bertz CT molecular complexity index is 1330. The molecule has 0 aromatic heterocycles. The number of nitrogens with two attached hydrogens (primary N) is 1. The maximum absolute atomic E-state index is 13.9. The van der Waals surface area contributed by atoms with Crippen molar-refractivity contribution in [1.29, 1.82) is 0 Å². The molecule has 5 fully saturated rings. The fraction of sp³-hybridized carbons (Fsp3) is 0.833. The van der Waals surface area contributed by atoms with E-state index in [0.717, 1.165) is 51.9 Å². The summed E-state index contributed by atoms with van der Waals surface area (Å²) < 4.78 is 0. The molecule has 6 amide bonds. The van der Waals surface area contributed by atoms with Crippen LogP contribution in [0.3, 0.4) is 0 Å². The molecule has 0 aromatic carbocycles. The number of hydrogen-bond acceptors (Lipinski definition) is 8. The van der Waals surface area contributed by atoms with Gasteiger partial charge in [0.25, 0.3) is 5.91 Å². The second-order valence-electron chi connectivity index (χ2n) is 18.0. The normalized spacial score (nSPS) is 29.4. The van der Waals surface area contributed by atoms with Crippen LogP contribution in [0.5, 0.6) is 0 Å². The number of urea groups is 1. The number of carbonyl (C=O) groups excluding carboxylic acids is 6. The topological polar surface area (TPSA) is 204 Å². The number of fused-ring (bicyclic) bond motifs is 2. The first-order chi connectivity index (χ1) is 23.1. The minimum absolute atomic E-state index is 0.0388. The Morgan fingerprint density at radius 2 is 1.60 bits per heavy atom. The SMILES string of the molecule is CC(=O)N[C@@]12CCNCC1CNC2.CC(C)(C)NC(=O)N[C@H](C(=O)N1CC2C([C@H]1C(=O)N[C@@H](CC1CCC1)C(=O)C(N)=O)C2(C)C)C(C)(C)C. The lowest BCUT2D eigenvalue weighted by atomic mass is 9.80. The van der Waals surface area contributed by atoms with E-state index < -0.39 is 52.7 Å². The Morgan fingerprint density at radius 3 is 2.14 bits per heavy atom. The van der Waals surface area contributed by atoms with Crippen LogP contribution in [0.2, 0.25) is 0 Å². The van der Waals surface area contributed by atoms with Crippen LogP contribution in [0.25, 0.3) is 0 Å². The number of nitrogens with zero attached hydrogens (tertiary/aromatic N) is 1. The summed E-state index contributed by atoms with van der Waals surface area (Å²) in [5, 5.41) is 18.3. The number of rotatable bonds is 9. The lowest BCUT2D eigenvalue weighted by Crippen LogP contribution is -2.62. The van der Waals surface area contributed by atoms with Crippen molar-refractivity contribution in [2.75, 3.05) is 32.7 Å². The summed E-state index contributed by atoms with van der Waals surface area (Å²) in [6.07, 6.45) is 4.36. The van der Waals surface area contributed by atoms with E-state index in [4.69, 9.17) is 5.73 Å². The smallest absolute Gasteiger partial charge is 0.315 e. The van der Waals surface area contributed by atoms with Crippen LogP contribution in [0.4, 0.5) is 4.79 Å². The molecular formula is C36H62N8O6. The molecule has 7 atom stereocenters. The van der Waals surface area contributed by atoms with E-state index in [0.29, 0.717) is 18.9 Å². The van der Waals surface area contributed by atoms with E-state index in [2.05, 4.69) is 45.7 Å². The molecule has 3 aliphatic heterocycles. The Kier molecular flexibility index (Phi) is 11.7. The first-order valence-electron chi connectivity index (χ1n) is 18.3. The molecule has 5 rings (SSSR count). The first kappa shape index (κ1) is 39.5. The van der Waals surface area contributed by atoms with Crippen molar-refractivity contribution in [2.45, 2.75) is 124 Å². The highest BCUT2D eigenvalue weighted by Crippen LogP contribution is 2.65. The van der Waals surface area contributed by atoms with E-state index in [1.165, 1.54) is 0 Å². The van der Waals surface area contributed by atoms with Gasteiger partial charge in [0, 0.05) is 44.6 Å². The third-order valence-electron chi connectivity index (χ3n) is 11.5. The largest absolute Gasteiger partial charge is 0.363 e. The van der Waals surface area contributed by atoms with Crippen LogP contribution in [0.15, 0.2) is 0 Å². The highest BCUT2D eigenvalue weighted by molar-refractivity contribution is 6.37. The molecule has 50 heavy (non-hydrogen) atoms. The van der Waals surface area contributed by atoms with Crippen LogP contribution in [0, 0.1) is 34.5 Å². The average molecular weight is 703 g/mol. The Labute approximate surface area is 297 Å². The number of Topliss-reactive ketones (excluding diaryl/α,β-unsaturated/α-hetero) is 1. The van der Waals surface area contributed by atoms with Crippen molar-refractivity contribution in [3.05, 3.63) is 0 Å². The molecule has 2 saturated carbocycles. The standard InChI is InChI=1S/C27H45N5O5.C9H17N3O/c1-25(2,3)20(30-24(37)31-26(4,5)6)23(36)32-13-15-17(27(15,7)8)18(32)22(35)29-16(19(33)21(28)34)12-14-10-9-11-14;1-7(13)12-9-2-3-10-4-8(9)5-11-6-9/h14-18,20H,9-13H2,1-8H3,(H2,28,34)(H,29,35)(H2,30,31,37);8,10-11H,2-6H2,1H3,(H,12,13)/t15?,16-,17?,18-,20+;8?,9-/m01/s1. The molecular weight excluding hydrogens is 640 g/mol. The number of amides is 6. The summed E-state index contributed by atoms with van der Waals surface area (Å²) in [5.74, 6) is -1.70. The van der Waals surface area contributed by atoms with Crippen LogP contribution >= 0.6 is 0 Å². The minimum Gasteiger partial charge on any atom is -0.363 e. The van der Waals surface area contributed by atoms with Gasteiger partial charge < -0.3 is 42.5 Å². The lowest BCUT2D eigenvalue weighted by Gasteiger charge is -2.39. The maximum atomic E-state index is 13.9. The van der Waals surface area contributed by atoms with Crippen molar-refractivity contribution in [1.82, 2.24) is 36.8 Å². The first-order valence-corrected chi connectivity index (χ1v) is 18.3. The highest BCUT2D eigenvalue weighted by Gasteiger charge is 2.70. The number of hydrogen-bond donors (Lipinski definition) is 7. The third kappa shape index (κ3) is 8.96. The molecule has 14 nitrogen and oxygen atoms in total. The van der Waals surface area contributed by atoms with E-state index in [-0.39, 0.29) is 40.5 Å². The van der Waals surface area contributed by atoms with E-state index >= 15 is 0 Å². The second kappa shape index (κ2) is 14.8. The predicted octanol–water partition coefficient (Wildman–Crippen LogP) is 0.785. The molecule has 282 valence electrons. The van der Waals surface area contributed by atoms with Gasteiger partial charge in [-0.3, -0.25) is 24.0 Å². The summed E-state index contributed by atoms with van der Waals surface area (Å²) in [6.45, 7) is 21.3. The van der Waals surface area contributed by atoms with Gasteiger partial charge in [0.05, 0.1) is 11.6 Å². The zero-order valence-corrected chi connectivity index (χ0v) is 31.6. The zero-order valence-electron chi connectivity index (χ0n) is 31.6. The molecule has 14 heteroatoms. The number of ketones is 1. The number of likely N-dealkylation sites (tertiary alicyclic amines) is 1. The molecule has 3 saturated heterocycles.